The van der Waals surface area contributed by atoms with E-state index in [0.717, 1.165) is 40.8 Å². The number of pyridine rings is 1. The number of methoxy groups -OCH3 is 1. The second-order valence-electron chi connectivity index (χ2n) is 11.7. The van der Waals surface area contributed by atoms with Crippen LogP contribution in [0.2, 0.25) is 0 Å². The zero-order chi connectivity index (χ0) is 31.5. The lowest BCUT2D eigenvalue weighted by Gasteiger charge is -2.22. The minimum Gasteiger partial charge on any atom is -0.496 e. The number of carbonyl (C=O) groups is 2. The zero-order valence-corrected chi connectivity index (χ0v) is 25.9. The van der Waals surface area contributed by atoms with Crippen molar-refractivity contribution in [2.75, 3.05) is 26.0 Å². The number of benzene rings is 3. The average molecular weight is 596 g/mol. The van der Waals surface area contributed by atoms with Gasteiger partial charge >= 0.3 is 0 Å². The molecule has 1 aliphatic rings. The summed E-state index contributed by atoms with van der Waals surface area (Å²) in [7, 11) is 5.10. The third-order valence-electron chi connectivity index (χ3n) is 8.61. The van der Waals surface area contributed by atoms with Gasteiger partial charge in [-0.25, -0.2) is 4.39 Å². The predicted molar refractivity (Wildman–Crippen MR) is 172 cm³/mol. The number of nitrogens with one attached hydrogen (secondary N) is 1. The Morgan fingerprint density at radius 1 is 1.02 bits per heavy atom. The molecule has 7 nitrogen and oxygen atoms in total. The van der Waals surface area contributed by atoms with Crippen molar-refractivity contribution in [2.45, 2.75) is 39.7 Å². The molecule has 3 aromatic carbocycles. The van der Waals surface area contributed by atoms with Crippen LogP contribution in [0.3, 0.4) is 0 Å². The lowest BCUT2D eigenvalue weighted by Crippen LogP contribution is -2.27. The minimum atomic E-state index is -0.470. The molecule has 0 saturated heterocycles. The quantitative estimate of drug-likeness (QED) is 0.238. The number of ketones is 1. The normalized spacial score (nSPS) is 14.7. The monoisotopic (exact) mass is 595 g/mol. The number of anilines is 1. The van der Waals surface area contributed by atoms with E-state index in [0.29, 0.717) is 53.7 Å². The molecule has 1 N–H and O–H groups in total. The summed E-state index contributed by atoms with van der Waals surface area (Å²) >= 11 is 0. The van der Waals surface area contributed by atoms with Crippen LogP contribution >= 0.6 is 0 Å². The van der Waals surface area contributed by atoms with Gasteiger partial charge in [0.05, 0.1) is 7.11 Å². The number of Topliss-reactive ketones (excluding diaryl/α,β-unsaturated/α-hetero) is 1. The van der Waals surface area contributed by atoms with Crippen molar-refractivity contribution in [3.63, 3.8) is 0 Å². The van der Waals surface area contributed by atoms with Crippen molar-refractivity contribution in [3.05, 3.63) is 105 Å². The molecule has 8 heteroatoms. The predicted octanol–water partition coefficient (Wildman–Crippen LogP) is 6.54. The summed E-state index contributed by atoms with van der Waals surface area (Å²) in [5.41, 5.74) is 6.02. The van der Waals surface area contributed by atoms with Crippen molar-refractivity contribution in [2.24, 2.45) is 13.0 Å². The van der Waals surface area contributed by atoms with Crippen LogP contribution in [0.15, 0.2) is 71.7 Å². The first-order valence-corrected chi connectivity index (χ1v) is 14.8. The van der Waals surface area contributed by atoms with Gasteiger partial charge in [0.25, 0.3) is 11.5 Å². The van der Waals surface area contributed by atoms with E-state index in [4.69, 9.17) is 4.74 Å². The Labute approximate surface area is 257 Å². The molecule has 1 saturated carbocycles. The van der Waals surface area contributed by atoms with Gasteiger partial charge < -0.3 is 19.5 Å². The first kappa shape index (κ1) is 30.9. The number of rotatable bonds is 9. The molecule has 5 rings (SSSR count). The molecular formula is C36H38FN3O4. The number of halogens is 1. The summed E-state index contributed by atoms with van der Waals surface area (Å²) in [6.45, 7) is 5.04. The van der Waals surface area contributed by atoms with E-state index >= 15 is 4.39 Å². The van der Waals surface area contributed by atoms with Crippen LogP contribution in [-0.2, 0) is 18.4 Å². The lowest BCUT2D eigenvalue weighted by molar-refractivity contribution is -0.117. The zero-order valence-electron chi connectivity index (χ0n) is 25.9. The molecule has 1 atom stereocenters. The maximum atomic E-state index is 15.7. The highest BCUT2D eigenvalue weighted by Gasteiger charge is 2.24. The third-order valence-corrected chi connectivity index (χ3v) is 8.61. The van der Waals surface area contributed by atoms with E-state index < -0.39 is 5.91 Å². The summed E-state index contributed by atoms with van der Waals surface area (Å²) in [6.07, 6.45) is 3.73. The Balaban J connectivity index is 1.43. The van der Waals surface area contributed by atoms with Crippen molar-refractivity contribution >= 4 is 17.4 Å². The highest BCUT2D eigenvalue weighted by molar-refractivity contribution is 6.05. The summed E-state index contributed by atoms with van der Waals surface area (Å²) in [4.78, 5) is 39.2. The Kier molecular flexibility index (Phi) is 9.11. The van der Waals surface area contributed by atoms with Gasteiger partial charge in [0.2, 0.25) is 0 Å². The van der Waals surface area contributed by atoms with E-state index in [1.54, 1.807) is 32.5 Å². The Morgan fingerprint density at radius 3 is 2.43 bits per heavy atom. The molecule has 1 heterocycles. The van der Waals surface area contributed by atoms with Gasteiger partial charge in [-0.05, 0) is 96.9 Å². The van der Waals surface area contributed by atoms with Crippen LogP contribution in [0.1, 0.15) is 46.3 Å². The average Bonchev–Trinajstić information content (AvgIpc) is 3.40. The number of hydrogen-bond acceptors (Lipinski definition) is 5. The SMILES string of the molecule is COc1cc(-c2cccc(-c3cccc(NC(=O)c4cccn(C)c4=O)c3C)c2C)cc(F)c1CN(C)C[C@@H]1CCC(=O)C1. The van der Waals surface area contributed by atoms with Crippen molar-refractivity contribution in [1.29, 1.82) is 0 Å². The van der Waals surface area contributed by atoms with Crippen LogP contribution in [0.5, 0.6) is 5.75 Å². The number of aryl methyl sites for hydroxylation is 1. The fourth-order valence-corrected chi connectivity index (χ4v) is 6.19. The number of carbonyl (C=O) groups excluding carboxylic acids is 2. The molecule has 0 aliphatic heterocycles. The Bertz CT molecular complexity index is 1800. The van der Waals surface area contributed by atoms with Gasteiger partial charge in [-0.15, -0.1) is 0 Å². The number of aromatic nitrogens is 1. The van der Waals surface area contributed by atoms with E-state index in [9.17, 15) is 14.4 Å². The summed E-state index contributed by atoms with van der Waals surface area (Å²) in [6, 6.07) is 18.2. The standard InChI is InChI=1S/C36H38FN3O4/c1-22-27(25-18-32(37)31(34(19-25)44-5)21-39(3)20-24-14-15-26(41)17-24)9-6-10-28(22)29-11-7-13-33(23(29)2)38-35(42)30-12-8-16-40(4)36(30)43/h6-13,16,18-19,24H,14-15,17,20-21H2,1-5H3,(H,38,42)/t24-/m1/s1. The van der Waals surface area contributed by atoms with E-state index in [1.165, 1.54) is 10.6 Å². The largest absolute Gasteiger partial charge is 0.496 e. The van der Waals surface area contributed by atoms with Crippen molar-refractivity contribution in [1.82, 2.24) is 9.47 Å². The number of nitrogens with zero attached hydrogens (tertiary/aromatic N) is 2. The van der Waals surface area contributed by atoms with E-state index in [-0.39, 0.29) is 16.9 Å². The van der Waals surface area contributed by atoms with Gasteiger partial charge in [0.1, 0.15) is 22.9 Å². The molecule has 4 aromatic rings. The van der Waals surface area contributed by atoms with Gasteiger partial charge in [-0.3, -0.25) is 14.4 Å². The molecular weight excluding hydrogens is 557 g/mol. The second-order valence-corrected chi connectivity index (χ2v) is 11.7. The van der Waals surface area contributed by atoms with Crippen molar-refractivity contribution in [3.8, 4) is 28.0 Å². The molecule has 0 spiro atoms. The van der Waals surface area contributed by atoms with Crippen LogP contribution in [0.4, 0.5) is 10.1 Å². The molecule has 0 bridgehead atoms. The van der Waals surface area contributed by atoms with Crippen molar-refractivity contribution < 1.29 is 18.7 Å². The van der Waals surface area contributed by atoms with Crippen LogP contribution < -0.4 is 15.6 Å². The maximum Gasteiger partial charge on any atom is 0.263 e. The number of ether oxygens (including phenoxy) is 1. The van der Waals surface area contributed by atoms with Gasteiger partial charge in [-0.1, -0.05) is 30.3 Å². The molecule has 228 valence electrons. The topological polar surface area (TPSA) is 80.6 Å². The third kappa shape index (κ3) is 6.36. The summed E-state index contributed by atoms with van der Waals surface area (Å²) < 4.78 is 22.7. The Morgan fingerprint density at radius 2 is 1.73 bits per heavy atom. The number of amides is 1. The second kappa shape index (κ2) is 13.0. The number of hydrogen-bond donors (Lipinski definition) is 1. The molecule has 0 unspecified atom stereocenters. The summed E-state index contributed by atoms with van der Waals surface area (Å²) in [5.74, 6) is 0.285. The van der Waals surface area contributed by atoms with Gasteiger partial charge in [-0.2, -0.15) is 0 Å². The highest BCUT2D eigenvalue weighted by atomic mass is 19.1. The Hall–Kier alpha value is -4.56. The summed E-state index contributed by atoms with van der Waals surface area (Å²) in [5, 5.41) is 2.90. The molecule has 44 heavy (non-hydrogen) atoms. The minimum absolute atomic E-state index is 0.0669. The van der Waals surface area contributed by atoms with E-state index in [2.05, 4.69) is 10.2 Å². The van der Waals surface area contributed by atoms with Gasteiger partial charge in [0.15, 0.2) is 0 Å². The molecule has 1 fully saturated rings. The fourth-order valence-electron chi connectivity index (χ4n) is 6.19. The molecule has 1 aliphatic carbocycles. The van der Waals surface area contributed by atoms with E-state index in [1.807, 2.05) is 63.4 Å². The fraction of sp³-hybridized carbons (Fsp3) is 0.306. The first-order valence-electron chi connectivity index (χ1n) is 14.8. The smallest absolute Gasteiger partial charge is 0.263 e. The highest BCUT2D eigenvalue weighted by Crippen LogP contribution is 2.38. The first-order chi connectivity index (χ1) is 21.1. The van der Waals surface area contributed by atoms with Gasteiger partial charge in [0, 0.05) is 50.4 Å². The van der Waals surface area contributed by atoms with Crippen LogP contribution in [0.25, 0.3) is 22.3 Å². The van der Waals surface area contributed by atoms with Crippen LogP contribution in [0, 0.1) is 25.6 Å². The molecule has 1 amide bonds. The lowest BCUT2D eigenvalue weighted by atomic mass is 9.90. The maximum absolute atomic E-state index is 15.7. The molecule has 1 aromatic heterocycles. The molecule has 0 radical (unpaired) electrons. The van der Waals surface area contributed by atoms with Crippen LogP contribution in [-0.4, -0.2) is 41.9 Å².